The summed E-state index contributed by atoms with van der Waals surface area (Å²) in [7, 11) is 0. The highest BCUT2D eigenvalue weighted by Gasteiger charge is 2.17. The SMILES string of the molecule is CCNCC(C)CCc1cc(Cl)cc2c1OCC2. The fourth-order valence-corrected chi connectivity index (χ4v) is 2.69. The van der Waals surface area contributed by atoms with Gasteiger partial charge in [0.25, 0.3) is 0 Å². The molecule has 1 atom stereocenters. The van der Waals surface area contributed by atoms with Gasteiger partial charge in [-0.05, 0) is 55.1 Å². The second-order valence-electron chi connectivity index (χ2n) is 5.10. The molecule has 100 valence electrons. The molecule has 0 saturated carbocycles. The van der Waals surface area contributed by atoms with Crippen molar-refractivity contribution in [2.24, 2.45) is 5.92 Å². The molecule has 1 aliphatic heterocycles. The van der Waals surface area contributed by atoms with Crippen LogP contribution in [0.4, 0.5) is 0 Å². The zero-order chi connectivity index (χ0) is 13.0. The van der Waals surface area contributed by atoms with Gasteiger partial charge in [-0.2, -0.15) is 0 Å². The van der Waals surface area contributed by atoms with Gasteiger partial charge in [-0.1, -0.05) is 25.4 Å². The summed E-state index contributed by atoms with van der Waals surface area (Å²) in [4.78, 5) is 0. The molecule has 0 aliphatic carbocycles. The predicted molar refractivity (Wildman–Crippen MR) is 76.7 cm³/mol. The normalized spacial score (nSPS) is 15.3. The van der Waals surface area contributed by atoms with E-state index < -0.39 is 0 Å². The summed E-state index contributed by atoms with van der Waals surface area (Å²) in [6.45, 7) is 7.36. The van der Waals surface area contributed by atoms with Crippen molar-refractivity contribution in [1.82, 2.24) is 5.32 Å². The Labute approximate surface area is 115 Å². The van der Waals surface area contributed by atoms with Gasteiger partial charge in [0, 0.05) is 11.4 Å². The molecule has 0 radical (unpaired) electrons. The van der Waals surface area contributed by atoms with Gasteiger partial charge in [-0.15, -0.1) is 0 Å². The quantitative estimate of drug-likeness (QED) is 0.852. The average Bonchev–Trinajstić information content (AvgIpc) is 2.81. The molecule has 18 heavy (non-hydrogen) atoms. The minimum absolute atomic E-state index is 0.681. The zero-order valence-electron chi connectivity index (χ0n) is 11.3. The first-order valence-corrected chi connectivity index (χ1v) is 7.23. The largest absolute Gasteiger partial charge is 0.493 e. The summed E-state index contributed by atoms with van der Waals surface area (Å²) < 4.78 is 5.72. The molecule has 1 aliphatic rings. The number of ether oxygens (including phenoxy) is 1. The maximum atomic E-state index is 6.16. The van der Waals surface area contributed by atoms with Gasteiger partial charge in [0.15, 0.2) is 0 Å². The molecule has 2 nitrogen and oxygen atoms in total. The van der Waals surface area contributed by atoms with Crippen LogP contribution in [0.25, 0.3) is 0 Å². The smallest absolute Gasteiger partial charge is 0.125 e. The number of rotatable bonds is 6. The van der Waals surface area contributed by atoms with E-state index in [1.807, 2.05) is 6.07 Å². The van der Waals surface area contributed by atoms with Gasteiger partial charge < -0.3 is 10.1 Å². The van der Waals surface area contributed by atoms with E-state index >= 15 is 0 Å². The summed E-state index contributed by atoms with van der Waals surface area (Å²) in [6, 6.07) is 4.10. The fraction of sp³-hybridized carbons (Fsp3) is 0.600. The van der Waals surface area contributed by atoms with Gasteiger partial charge in [-0.3, -0.25) is 0 Å². The van der Waals surface area contributed by atoms with E-state index in [1.54, 1.807) is 0 Å². The van der Waals surface area contributed by atoms with Crippen molar-refractivity contribution in [2.45, 2.75) is 33.1 Å². The molecule has 1 aromatic carbocycles. The highest BCUT2D eigenvalue weighted by Crippen LogP contribution is 2.33. The Morgan fingerprint density at radius 2 is 2.28 bits per heavy atom. The van der Waals surface area contributed by atoms with E-state index in [-0.39, 0.29) is 0 Å². The van der Waals surface area contributed by atoms with Crippen molar-refractivity contribution in [1.29, 1.82) is 0 Å². The van der Waals surface area contributed by atoms with Crippen LogP contribution in [0.15, 0.2) is 12.1 Å². The molecule has 0 amide bonds. The van der Waals surface area contributed by atoms with Crippen molar-refractivity contribution < 1.29 is 4.74 Å². The number of hydrogen-bond donors (Lipinski definition) is 1. The Kier molecular flexibility index (Phi) is 4.90. The molecule has 3 heteroatoms. The van der Waals surface area contributed by atoms with Crippen molar-refractivity contribution in [2.75, 3.05) is 19.7 Å². The number of nitrogens with one attached hydrogen (secondary N) is 1. The Morgan fingerprint density at radius 1 is 1.44 bits per heavy atom. The molecular weight excluding hydrogens is 246 g/mol. The average molecular weight is 268 g/mol. The van der Waals surface area contributed by atoms with Gasteiger partial charge in [-0.25, -0.2) is 0 Å². The first kappa shape index (κ1) is 13.7. The second-order valence-corrected chi connectivity index (χ2v) is 5.54. The number of benzene rings is 1. The maximum absolute atomic E-state index is 6.16. The molecule has 1 heterocycles. The van der Waals surface area contributed by atoms with Crippen LogP contribution in [0.1, 0.15) is 31.4 Å². The molecule has 0 saturated heterocycles. The zero-order valence-corrected chi connectivity index (χ0v) is 12.0. The molecule has 0 spiro atoms. The Bertz CT molecular complexity index is 406. The summed E-state index contributed by atoms with van der Waals surface area (Å²) in [5, 5.41) is 4.23. The lowest BCUT2D eigenvalue weighted by atomic mass is 9.98. The lowest BCUT2D eigenvalue weighted by molar-refractivity contribution is 0.352. The van der Waals surface area contributed by atoms with Crippen molar-refractivity contribution >= 4 is 11.6 Å². The van der Waals surface area contributed by atoms with Crippen LogP contribution >= 0.6 is 11.6 Å². The standard InChI is InChI=1S/C15H22ClNO/c1-3-17-10-11(2)4-5-12-8-14(16)9-13-6-7-18-15(12)13/h8-9,11,17H,3-7,10H2,1-2H3. The monoisotopic (exact) mass is 267 g/mol. The molecule has 0 bridgehead atoms. The van der Waals surface area contributed by atoms with Crippen LogP contribution in [-0.2, 0) is 12.8 Å². The summed E-state index contributed by atoms with van der Waals surface area (Å²) in [5.74, 6) is 1.77. The lowest BCUT2D eigenvalue weighted by Crippen LogP contribution is -2.20. The van der Waals surface area contributed by atoms with Crippen LogP contribution in [0.3, 0.4) is 0 Å². The van der Waals surface area contributed by atoms with Gasteiger partial charge in [0.1, 0.15) is 5.75 Å². The van der Waals surface area contributed by atoms with Crippen LogP contribution in [0.2, 0.25) is 5.02 Å². The third-order valence-corrected chi connectivity index (χ3v) is 3.69. The lowest BCUT2D eigenvalue weighted by Gasteiger charge is -2.13. The van der Waals surface area contributed by atoms with Gasteiger partial charge in [0.2, 0.25) is 0 Å². The van der Waals surface area contributed by atoms with E-state index in [9.17, 15) is 0 Å². The highest BCUT2D eigenvalue weighted by molar-refractivity contribution is 6.30. The van der Waals surface area contributed by atoms with Crippen LogP contribution < -0.4 is 10.1 Å². The molecule has 1 unspecified atom stereocenters. The number of aryl methyl sites for hydroxylation is 1. The fourth-order valence-electron chi connectivity index (χ4n) is 2.43. The highest BCUT2D eigenvalue weighted by atomic mass is 35.5. The first-order chi connectivity index (χ1) is 8.70. The number of halogens is 1. The molecule has 1 N–H and O–H groups in total. The van der Waals surface area contributed by atoms with E-state index in [4.69, 9.17) is 16.3 Å². The topological polar surface area (TPSA) is 21.3 Å². The van der Waals surface area contributed by atoms with Crippen molar-refractivity contribution in [3.8, 4) is 5.75 Å². The van der Waals surface area contributed by atoms with Crippen molar-refractivity contribution in [3.05, 3.63) is 28.3 Å². The van der Waals surface area contributed by atoms with Crippen LogP contribution in [0.5, 0.6) is 5.75 Å². The third kappa shape index (κ3) is 3.39. The Balaban J connectivity index is 1.97. The Morgan fingerprint density at radius 3 is 3.06 bits per heavy atom. The Hall–Kier alpha value is -0.730. The van der Waals surface area contributed by atoms with Crippen LogP contribution in [-0.4, -0.2) is 19.7 Å². The van der Waals surface area contributed by atoms with E-state index in [2.05, 4.69) is 25.2 Å². The first-order valence-electron chi connectivity index (χ1n) is 6.85. The molecule has 1 aromatic rings. The van der Waals surface area contributed by atoms with E-state index in [0.717, 1.165) is 43.3 Å². The number of hydrogen-bond acceptors (Lipinski definition) is 2. The molecule has 0 aromatic heterocycles. The molecule has 0 fully saturated rings. The second kappa shape index (κ2) is 6.44. The van der Waals surface area contributed by atoms with E-state index in [1.165, 1.54) is 17.5 Å². The molecule has 2 rings (SSSR count). The maximum Gasteiger partial charge on any atom is 0.125 e. The predicted octanol–water partition coefficient (Wildman–Crippen LogP) is 3.45. The summed E-state index contributed by atoms with van der Waals surface area (Å²) in [6.07, 6.45) is 3.22. The van der Waals surface area contributed by atoms with Crippen molar-refractivity contribution in [3.63, 3.8) is 0 Å². The summed E-state index contributed by atoms with van der Waals surface area (Å²) >= 11 is 6.16. The van der Waals surface area contributed by atoms with E-state index in [0.29, 0.717) is 5.92 Å². The minimum Gasteiger partial charge on any atom is -0.493 e. The van der Waals surface area contributed by atoms with Gasteiger partial charge >= 0.3 is 0 Å². The minimum atomic E-state index is 0.681. The number of fused-ring (bicyclic) bond motifs is 1. The van der Waals surface area contributed by atoms with Crippen LogP contribution in [0, 0.1) is 5.92 Å². The third-order valence-electron chi connectivity index (χ3n) is 3.47. The molecular formula is C15H22ClNO. The summed E-state index contributed by atoms with van der Waals surface area (Å²) in [5.41, 5.74) is 2.55. The van der Waals surface area contributed by atoms with Gasteiger partial charge in [0.05, 0.1) is 6.61 Å².